The first-order valence-corrected chi connectivity index (χ1v) is 6.23. The fourth-order valence-electron chi connectivity index (χ4n) is 2.45. The van der Waals surface area contributed by atoms with Crippen LogP contribution in [0.5, 0.6) is 0 Å². The lowest BCUT2D eigenvalue weighted by molar-refractivity contribution is -0.144. The van der Waals surface area contributed by atoms with E-state index in [1.807, 2.05) is 6.92 Å². The average molecular weight is 277 g/mol. The monoisotopic (exact) mass is 277 g/mol. The third-order valence-corrected chi connectivity index (χ3v) is 3.74. The SMILES string of the molecule is C#CC1(O)C(N(C=CC(=C)C)C(=C)C)OC2C(O)C21O. The van der Waals surface area contributed by atoms with Gasteiger partial charge in [-0.15, -0.1) is 6.42 Å². The van der Waals surface area contributed by atoms with Gasteiger partial charge in [0.15, 0.2) is 11.8 Å². The Hall–Kier alpha value is -1.58. The van der Waals surface area contributed by atoms with Gasteiger partial charge in [0.2, 0.25) is 5.60 Å². The molecule has 2 rings (SSSR count). The molecule has 0 spiro atoms. The zero-order valence-electron chi connectivity index (χ0n) is 11.6. The van der Waals surface area contributed by atoms with Crippen LogP contribution >= 0.6 is 0 Å². The summed E-state index contributed by atoms with van der Waals surface area (Å²) in [5.74, 6) is 2.16. The number of hydrogen-bond donors (Lipinski definition) is 3. The van der Waals surface area contributed by atoms with E-state index in [-0.39, 0.29) is 0 Å². The molecular weight excluding hydrogens is 258 g/mol. The average Bonchev–Trinajstić information content (AvgIpc) is 2.79. The Morgan fingerprint density at radius 1 is 1.40 bits per heavy atom. The van der Waals surface area contributed by atoms with Crippen molar-refractivity contribution in [1.29, 1.82) is 0 Å². The Balaban J connectivity index is 2.35. The van der Waals surface area contributed by atoms with Crippen LogP contribution in [0.15, 0.2) is 36.7 Å². The molecule has 5 heteroatoms. The molecule has 108 valence electrons. The van der Waals surface area contributed by atoms with Crippen molar-refractivity contribution in [1.82, 2.24) is 4.90 Å². The quantitative estimate of drug-likeness (QED) is 0.502. The number of ether oxygens (including phenoxy) is 1. The van der Waals surface area contributed by atoms with E-state index in [1.165, 1.54) is 4.90 Å². The van der Waals surface area contributed by atoms with E-state index in [0.29, 0.717) is 5.70 Å². The van der Waals surface area contributed by atoms with Gasteiger partial charge in [0.1, 0.15) is 12.2 Å². The summed E-state index contributed by atoms with van der Waals surface area (Å²) in [5, 5.41) is 30.5. The van der Waals surface area contributed by atoms with Crippen LogP contribution in [0.3, 0.4) is 0 Å². The molecular formula is C15H19NO4. The normalized spacial score (nSPS) is 42.1. The molecule has 1 heterocycles. The van der Waals surface area contributed by atoms with Gasteiger partial charge < -0.3 is 25.0 Å². The molecule has 2 aliphatic rings. The van der Waals surface area contributed by atoms with E-state index in [2.05, 4.69) is 19.1 Å². The molecule has 1 aliphatic heterocycles. The second-order valence-corrected chi connectivity index (χ2v) is 5.39. The minimum absolute atomic E-state index is 0.570. The van der Waals surface area contributed by atoms with Gasteiger partial charge in [-0.25, -0.2) is 0 Å². The molecule has 0 amide bonds. The van der Waals surface area contributed by atoms with Gasteiger partial charge in [-0.1, -0.05) is 24.7 Å². The number of aliphatic hydroxyl groups is 3. The maximum atomic E-state index is 10.6. The Morgan fingerprint density at radius 3 is 2.45 bits per heavy atom. The summed E-state index contributed by atoms with van der Waals surface area (Å²) in [4.78, 5) is 1.52. The zero-order valence-corrected chi connectivity index (χ0v) is 11.6. The van der Waals surface area contributed by atoms with Crippen molar-refractivity contribution in [2.24, 2.45) is 0 Å². The predicted molar refractivity (Wildman–Crippen MR) is 74.0 cm³/mol. The summed E-state index contributed by atoms with van der Waals surface area (Å²) in [5.41, 5.74) is -2.49. The maximum Gasteiger partial charge on any atom is 0.204 e. The highest BCUT2D eigenvalue weighted by atomic mass is 16.6. The Labute approximate surface area is 118 Å². The van der Waals surface area contributed by atoms with Crippen LogP contribution < -0.4 is 0 Å². The molecule has 1 saturated heterocycles. The second kappa shape index (κ2) is 4.47. The van der Waals surface area contributed by atoms with Gasteiger partial charge in [-0.3, -0.25) is 0 Å². The lowest BCUT2D eigenvalue weighted by atomic mass is 9.93. The van der Waals surface area contributed by atoms with E-state index in [9.17, 15) is 15.3 Å². The van der Waals surface area contributed by atoms with Crippen LogP contribution in [-0.4, -0.2) is 49.9 Å². The van der Waals surface area contributed by atoms with Crippen molar-refractivity contribution < 1.29 is 20.1 Å². The standard InChI is InChI=1S/C15H19NO4/c1-6-14(18)13(20-12-11(17)15(12,14)19)16(10(4)5)8-7-9(2)3/h1,7-8,11-13,17-19H,2,4H2,3,5H3. The summed E-state index contributed by atoms with van der Waals surface area (Å²) in [6, 6.07) is 0. The summed E-state index contributed by atoms with van der Waals surface area (Å²) < 4.78 is 5.50. The molecule has 0 aromatic rings. The molecule has 0 radical (unpaired) electrons. The lowest BCUT2D eigenvalue weighted by Crippen LogP contribution is -2.57. The first-order chi connectivity index (χ1) is 9.20. The number of allylic oxidation sites excluding steroid dienone is 3. The van der Waals surface area contributed by atoms with Crippen LogP contribution in [0.4, 0.5) is 0 Å². The summed E-state index contributed by atoms with van der Waals surface area (Å²) in [6.07, 6.45) is 5.61. The van der Waals surface area contributed by atoms with Crippen molar-refractivity contribution in [2.75, 3.05) is 0 Å². The highest BCUT2D eigenvalue weighted by Gasteiger charge is 2.84. The molecule has 0 aromatic carbocycles. The molecule has 1 saturated carbocycles. The van der Waals surface area contributed by atoms with E-state index < -0.39 is 29.6 Å². The second-order valence-electron chi connectivity index (χ2n) is 5.39. The van der Waals surface area contributed by atoms with E-state index in [0.717, 1.165) is 5.57 Å². The van der Waals surface area contributed by atoms with Gasteiger partial charge in [-0.2, -0.15) is 0 Å². The molecule has 1 aliphatic carbocycles. The first-order valence-electron chi connectivity index (χ1n) is 6.23. The van der Waals surface area contributed by atoms with Gasteiger partial charge in [0.25, 0.3) is 0 Å². The third-order valence-electron chi connectivity index (χ3n) is 3.74. The molecule has 5 unspecified atom stereocenters. The van der Waals surface area contributed by atoms with Crippen LogP contribution in [0, 0.1) is 12.3 Å². The summed E-state index contributed by atoms with van der Waals surface area (Å²) >= 11 is 0. The third kappa shape index (κ3) is 1.74. The molecule has 2 fully saturated rings. The van der Waals surface area contributed by atoms with Crippen LogP contribution in [-0.2, 0) is 4.74 Å². The molecule has 0 bridgehead atoms. The van der Waals surface area contributed by atoms with Gasteiger partial charge >= 0.3 is 0 Å². The number of aliphatic hydroxyl groups excluding tert-OH is 1. The van der Waals surface area contributed by atoms with Crippen LogP contribution in [0.2, 0.25) is 0 Å². The highest BCUT2D eigenvalue weighted by molar-refractivity contribution is 5.40. The first kappa shape index (κ1) is 14.8. The molecule has 5 atom stereocenters. The smallest absolute Gasteiger partial charge is 0.204 e. The lowest BCUT2D eigenvalue weighted by Gasteiger charge is -2.37. The van der Waals surface area contributed by atoms with Crippen molar-refractivity contribution in [3.8, 4) is 12.3 Å². The number of terminal acetylenes is 1. The molecule has 5 nitrogen and oxygen atoms in total. The van der Waals surface area contributed by atoms with Gasteiger partial charge in [0.05, 0.1) is 0 Å². The van der Waals surface area contributed by atoms with Crippen molar-refractivity contribution in [2.45, 2.75) is 43.5 Å². The largest absolute Gasteiger partial charge is 0.387 e. The molecule has 3 N–H and O–H groups in total. The molecule has 20 heavy (non-hydrogen) atoms. The minimum Gasteiger partial charge on any atom is -0.387 e. The highest BCUT2D eigenvalue weighted by Crippen LogP contribution is 2.56. The van der Waals surface area contributed by atoms with Crippen LogP contribution in [0.1, 0.15) is 13.8 Å². The Bertz CT molecular complexity index is 534. The van der Waals surface area contributed by atoms with Crippen molar-refractivity contribution >= 4 is 0 Å². The van der Waals surface area contributed by atoms with Crippen molar-refractivity contribution in [3.05, 3.63) is 36.7 Å². The predicted octanol–water partition coefficient (Wildman–Crippen LogP) is 0.107. The number of hydrogen-bond acceptors (Lipinski definition) is 5. The zero-order chi connectivity index (χ0) is 15.3. The Kier molecular flexibility index (Phi) is 3.31. The van der Waals surface area contributed by atoms with E-state index in [1.54, 1.807) is 19.2 Å². The minimum atomic E-state index is -2.02. The number of nitrogens with zero attached hydrogens (tertiary/aromatic N) is 1. The fourth-order valence-corrected chi connectivity index (χ4v) is 2.45. The topological polar surface area (TPSA) is 73.2 Å². The van der Waals surface area contributed by atoms with Gasteiger partial charge in [0, 0.05) is 11.9 Å². The van der Waals surface area contributed by atoms with Crippen molar-refractivity contribution in [3.63, 3.8) is 0 Å². The molecule has 0 aromatic heterocycles. The fraction of sp³-hybridized carbons (Fsp3) is 0.467. The maximum absolute atomic E-state index is 10.6. The van der Waals surface area contributed by atoms with E-state index >= 15 is 0 Å². The summed E-state index contributed by atoms with van der Waals surface area (Å²) in [7, 11) is 0. The van der Waals surface area contributed by atoms with Crippen LogP contribution in [0.25, 0.3) is 0 Å². The van der Waals surface area contributed by atoms with E-state index in [4.69, 9.17) is 11.2 Å². The number of fused-ring (bicyclic) bond motifs is 1. The summed E-state index contributed by atoms with van der Waals surface area (Å²) in [6.45, 7) is 11.1. The van der Waals surface area contributed by atoms with Gasteiger partial charge in [-0.05, 0) is 19.9 Å². The number of rotatable bonds is 4. The Morgan fingerprint density at radius 2 is 2.00 bits per heavy atom.